The van der Waals surface area contributed by atoms with E-state index in [0.717, 1.165) is 43.1 Å². The molecule has 4 rings (SSSR count). The van der Waals surface area contributed by atoms with Crippen LogP contribution >= 0.6 is 23.8 Å². The summed E-state index contributed by atoms with van der Waals surface area (Å²) in [5, 5.41) is 9.92. The molecular formula is C20H30B2O3S2. The molecule has 4 radical (unpaired) electrons. The van der Waals surface area contributed by atoms with Crippen LogP contribution < -0.4 is 0 Å². The van der Waals surface area contributed by atoms with Crippen molar-refractivity contribution in [1.29, 1.82) is 0 Å². The molecule has 4 aliphatic carbocycles. The summed E-state index contributed by atoms with van der Waals surface area (Å²) in [5.41, 5.74) is 1.80. The molecule has 0 aliphatic heterocycles. The van der Waals surface area contributed by atoms with Gasteiger partial charge in [0, 0.05) is 18.4 Å². The SMILES string of the molecule is [B]SOC1CC2=CCC3C4CCC(CO)C4(C)CCC3C2(C)C(OS[B])C1. The summed E-state index contributed by atoms with van der Waals surface area (Å²) in [6, 6.07) is 0. The molecule has 0 saturated heterocycles. The second kappa shape index (κ2) is 7.94. The highest BCUT2D eigenvalue weighted by atomic mass is 32.2. The Morgan fingerprint density at radius 3 is 2.63 bits per heavy atom. The molecule has 0 amide bonds. The summed E-state index contributed by atoms with van der Waals surface area (Å²) in [5.74, 6) is 2.49. The zero-order chi connectivity index (χ0) is 19.2. The quantitative estimate of drug-likeness (QED) is 0.418. The van der Waals surface area contributed by atoms with E-state index in [1.807, 2.05) is 0 Å². The fraction of sp³-hybridized carbons (Fsp3) is 0.900. The predicted octanol–water partition coefficient (Wildman–Crippen LogP) is 4.40. The monoisotopic (exact) mass is 404 g/mol. The van der Waals surface area contributed by atoms with E-state index in [1.165, 1.54) is 31.3 Å². The van der Waals surface area contributed by atoms with E-state index in [0.29, 0.717) is 35.7 Å². The lowest BCUT2D eigenvalue weighted by Crippen LogP contribution is -2.56. The largest absolute Gasteiger partial charge is 0.396 e. The summed E-state index contributed by atoms with van der Waals surface area (Å²) in [6.45, 7) is 5.19. The van der Waals surface area contributed by atoms with Crippen molar-refractivity contribution in [3.8, 4) is 0 Å². The summed E-state index contributed by atoms with van der Waals surface area (Å²) in [4.78, 5) is 0. The minimum atomic E-state index is 0.0209. The average molecular weight is 404 g/mol. The molecule has 27 heavy (non-hydrogen) atoms. The van der Waals surface area contributed by atoms with E-state index in [-0.39, 0.29) is 17.6 Å². The number of fused-ring (bicyclic) bond motifs is 5. The number of hydrogen-bond acceptors (Lipinski definition) is 5. The number of hydrogen-bond donors (Lipinski definition) is 1. The first kappa shape index (κ1) is 20.7. The molecule has 0 aromatic carbocycles. The van der Waals surface area contributed by atoms with Gasteiger partial charge in [0.25, 0.3) is 0 Å². The smallest absolute Gasteiger partial charge is 0.203 e. The Labute approximate surface area is 175 Å². The number of aliphatic hydroxyl groups excluding tert-OH is 1. The summed E-state index contributed by atoms with van der Waals surface area (Å²) < 4.78 is 11.7. The molecule has 8 unspecified atom stereocenters. The van der Waals surface area contributed by atoms with Crippen LogP contribution in [0.4, 0.5) is 0 Å². The van der Waals surface area contributed by atoms with Crippen LogP contribution in [0.5, 0.6) is 0 Å². The van der Waals surface area contributed by atoms with E-state index in [2.05, 4.69) is 19.9 Å². The fourth-order valence-electron chi connectivity index (χ4n) is 7.43. The van der Waals surface area contributed by atoms with E-state index in [4.69, 9.17) is 22.6 Å². The number of aliphatic hydroxyl groups is 1. The highest BCUT2D eigenvalue weighted by Gasteiger charge is 2.61. The zero-order valence-corrected chi connectivity index (χ0v) is 18.1. The first-order valence-electron chi connectivity index (χ1n) is 10.3. The van der Waals surface area contributed by atoms with Crippen LogP contribution in [0, 0.1) is 34.5 Å². The van der Waals surface area contributed by atoms with Gasteiger partial charge in [0.15, 0.2) is 0 Å². The van der Waals surface area contributed by atoms with Crippen molar-refractivity contribution in [1.82, 2.24) is 0 Å². The van der Waals surface area contributed by atoms with Crippen LogP contribution in [0.3, 0.4) is 0 Å². The minimum Gasteiger partial charge on any atom is -0.396 e. The van der Waals surface area contributed by atoms with Crippen LogP contribution in [0.15, 0.2) is 11.6 Å². The molecule has 3 nitrogen and oxygen atoms in total. The molecule has 7 heteroatoms. The van der Waals surface area contributed by atoms with Crippen molar-refractivity contribution >= 4 is 38.0 Å². The second-order valence-corrected chi connectivity index (χ2v) is 10.3. The summed E-state index contributed by atoms with van der Waals surface area (Å²) in [7, 11) is 11.3. The van der Waals surface area contributed by atoms with Crippen molar-refractivity contribution < 1.29 is 13.5 Å². The lowest BCUT2D eigenvalue weighted by molar-refractivity contribution is -0.0909. The first-order chi connectivity index (χ1) is 13.0. The molecule has 0 bridgehead atoms. The third-order valence-corrected chi connectivity index (χ3v) is 9.64. The second-order valence-electron chi connectivity index (χ2n) is 9.56. The van der Waals surface area contributed by atoms with E-state index in [9.17, 15) is 5.11 Å². The maximum absolute atomic E-state index is 9.92. The van der Waals surface area contributed by atoms with Crippen molar-refractivity contribution in [3.63, 3.8) is 0 Å². The molecule has 0 aromatic rings. The molecule has 4 aliphatic rings. The average Bonchev–Trinajstić information content (AvgIpc) is 2.99. The Morgan fingerprint density at radius 2 is 1.93 bits per heavy atom. The van der Waals surface area contributed by atoms with Crippen LogP contribution in [-0.2, 0) is 8.37 Å². The van der Waals surface area contributed by atoms with Gasteiger partial charge in [-0.25, -0.2) is 0 Å². The normalized spacial score (nSPS) is 49.1. The zero-order valence-electron chi connectivity index (χ0n) is 16.4. The molecule has 1 N–H and O–H groups in total. The molecule has 3 fully saturated rings. The third-order valence-electron chi connectivity index (χ3n) is 8.91. The van der Waals surface area contributed by atoms with Gasteiger partial charge in [-0.1, -0.05) is 49.3 Å². The maximum Gasteiger partial charge on any atom is 0.203 e. The van der Waals surface area contributed by atoms with E-state index in [1.54, 1.807) is 0 Å². The Hall–Kier alpha value is 0.450. The van der Waals surface area contributed by atoms with Crippen LogP contribution in [0.1, 0.15) is 58.8 Å². The van der Waals surface area contributed by atoms with E-state index < -0.39 is 0 Å². The lowest BCUT2D eigenvalue weighted by atomic mass is 9.47. The molecule has 3 saturated carbocycles. The van der Waals surface area contributed by atoms with Gasteiger partial charge < -0.3 is 13.5 Å². The third kappa shape index (κ3) is 3.19. The lowest BCUT2D eigenvalue weighted by Gasteiger charge is -2.59. The van der Waals surface area contributed by atoms with Gasteiger partial charge in [-0.3, -0.25) is 0 Å². The van der Waals surface area contributed by atoms with Crippen molar-refractivity contribution in [3.05, 3.63) is 11.6 Å². The topological polar surface area (TPSA) is 38.7 Å². The van der Waals surface area contributed by atoms with Gasteiger partial charge >= 0.3 is 0 Å². The van der Waals surface area contributed by atoms with Gasteiger partial charge in [0.2, 0.25) is 14.2 Å². The molecule has 146 valence electrons. The van der Waals surface area contributed by atoms with Gasteiger partial charge in [0.05, 0.1) is 12.2 Å². The standard InChI is InChI=1S/C20H30B2O3S2/c1-19-8-7-17-15(16(19)6-4-13(19)11-23)5-3-12-9-14(24-26-21)10-18(25-27-22)20(12,17)2/h3,13-18,23H,4-11H2,1-2H3. The van der Waals surface area contributed by atoms with Gasteiger partial charge in [-0.2, -0.15) is 0 Å². The van der Waals surface area contributed by atoms with Crippen LogP contribution in [-0.4, -0.2) is 38.2 Å². The predicted molar refractivity (Wildman–Crippen MR) is 114 cm³/mol. The number of rotatable bonds is 5. The Balaban J connectivity index is 1.65. The molecule has 0 aromatic heterocycles. The Morgan fingerprint density at radius 1 is 1.15 bits per heavy atom. The van der Waals surface area contributed by atoms with Crippen LogP contribution in [0.25, 0.3) is 0 Å². The molecular weight excluding hydrogens is 374 g/mol. The molecule has 0 spiro atoms. The van der Waals surface area contributed by atoms with Gasteiger partial charge in [-0.05, 0) is 67.6 Å². The maximum atomic E-state index is 9.92. The Kier molecular flexibility index (Phi) is 6.09. The van der Waals surface area contributed by atoms with Gasteiger partial charge in [-0.15, -0.1) is 0 Å². The fourth-order valence-corrected chi connectivity index (χ4v) is 8.14. The van der Waals surface area contributed by atoms with Crippen LogP contribution in [0.2, 0.25) is 0 Å². The van der Waals surface area contributed by atoms with E-state index >= 15 is 0 Å². The highest BCUT2D eigenvalue weighted by molar-refractivity contribution is 8.16. The van der Waals surface area contributed by atoms with Crippen molar-refractivity contribution in [2.45, 2.75) is 71.0 Å². The minimum absolute atomic E-state index is 0.0209. The highest BCUT2D eigenvalue weighted by Crippen LogP contribution is 2.66. The van der Waals surface area contributed by atoms with Crippen molar-refractivity contribution in [2.24, 2.45) is 34.5 Å². The summed E-state index contributed by atoms with van der Waals surface area (Å²) >= 11 is 1.95. The first-order valence-corrected chi connectivity index (χ1v) is 11.9. The van der Waals surface area contributed by atoms with Crippen molar-refractivity contribution in [2.75, 3.05) is 6.61 Å². The molecule has 0 heterocycles. The summed E-state index contributed by atoms with van der Waals surface area (Å²) in [6.07, 6.45) is 10.4. The van der Waals surface area contributed by atoms with Gasteiger partial charge in [0.1, 0.15) is 0 Å². The number of allylic oxidation sites excluding steroid dienone is 1. The Bertz CT molecular complexity index is 592. The molecule has 8 atom stereocenters.